The van der Waals surface area contributed by atoms with Crippen LogP contribution in [-0.4, -0.2) is 5.97 Å². The molecular weight excluding hydrogens is 284 g/mol. The van der Waals surface area contributed by atoms with E-state index < -0.39 is 0 Å². The van der Waals surface area contributed by atoms with Gasteiger partial charge in [0, 0.05) is 0 Å². The molecule has 0 fully saturated rings. The summed E-state index contributed by atoms with van der Waals surface area (Å²) in [6.07, 6.45) is 0.737. The maximum Gasteiger partial charge on any atom is 0.313 e. The first kappa shape index (κ1) is 15.3. The van der Waals surface area contributed by atoms with Crippen LogP contribution in [0.25, 0.3) is 10.8 Å². The number of carbonyl (C=O) groups is 1. The van der Waals surface area contributed by atoms with Crippen molar-refractivity contribution in [3.05, 3.63) is 83.9 Å². The summed E-state index contributed by atoms with van der Waals surface area (Å²) in [5.41, 5.74) is 2.03. The average molecular weight is 304 g/mol. The number of fused-ring (bicyclic) bond motifs is 1. The molecule has 0 spiro atoms. The van der Waals surface area contributed by atoms with Crippen molar-refractivity contribution in [3.8, 4) is 0 Å². The molecule has 0 aliphatic heterocycles. The second-order valence-electron chi connectivity index (χ2n) is 5.66. The number of esters is 1. The molecule has 23 heavy (non-hydrogen) atoms. The Morgan fingerprint density at radius 3 is 2.35 bits per heavy atom. The quantitative estimate of drug-likeness (QED) is 0.615. The number of benzene rings is 3. The van der Waals surface area contributed by atoms with Crippen molar-refractivity contribution < 1.29 is 9.53 Å². The molecule has 0 N–H and O–H groups in total. The SMILES string of the molecule is CCC(C(=O)OCc1ccc2ccccc2c1)c1ccccc1. The first-order chi connectivity index (χ1) is 11.3. The molecule has 0 aromatic heterocycles. The van der Waals surface area contributed by atoms with Crippen LogP contribution in [0.1, 0.15) is 30.4 Å². The van der Waals surface area contributed by atoms with Gasteiger partial charge in [0.05, 0.1) is 5.92 Å². The number of hydrogen-bond acceptors (Lipinski definition) is 2. The van der Waals surface area contributed by atoms with Gasteiger partial charge in [0.2, 0.25) is 0 Å². The molecule has 3 aromatic rings. The molecule has 0 amide bonds. The predicted octanol–water partition coefficient (Wildman–Crippen LogP) is 5.08. The van der Waals surface area contributed by atoms with Crippen molar-refractivity contribution in [3.63, 3.8) is 0 Å². The fourth-order valence-electron chi connectivity index (χ4n) is 2.81. The first-order valence-electron chi connectivity index (χ1n) is 7.97. The van der Waals surface area contributed by atoms with Crippen LogP contribution in [0.4, 0.5) is 0 Å². The lowest BCUT2D eigenvalue weighted by atomic mass is 9.97. The Bertz CT molecular complexity index is 793. The lowest BCUT2D eigenvalue weighted by Gasteiger charge is -2.14. The van der Waals surface area contributed by atoms with E-state index in [2.05, 4.69) is 24.3 Å². The van der Waals surface area contributed by atoms with Crippen LogP contribution in [0.3, 0.4) is 0 Å². The second-order valence-corrected chi connectivity index (χ2v) is 5.66. The molecule has 1 atom stereocenters. The van der Waals surface area contributed by atoms with E-state index in [1.165, 1.54) is 5.39 Å². The third-order valence-electron chi connectivity index (χ3n) is 4.09. The van der Waals surface area contributed by atoms with E-state index in [-0.39, 0.29) is 11.9 Å². The van der Waals surface area contributed by atoms with Crippen molar-refractivity contribution >= 4 is 16.7 Å². The smallest absolute Gasteiger partial charge is 0.313 e. The summed E-state index contributed by atoms with van der Waals surface area (Å²) in [6, 6.07) is 24.1. The van der Waals surface area contributed by atoms with Crippen molar-refractivity contribution in [2.24, 2.45) is 0 Å². The molecule has 1 unspecified atom stereocenters. The summed E-state index contributed by atoms with van der Waals surface area (Å²) in [5.74, 6) is -0.358. The molecule has 2 nitrogen and oxygen atoms in total. The number of ether oxygens (including phenoxy) is 1. The predicted molar refractivity (Wildman–Crippen MR) is 93.2 cm³/mol. The highest BCUT2D eigenvalue weighted by Gasteiger charge is 2.19. The summed E-state index contributed by atoms with van der Waals surface area (Å²) in [6.45, 7) is 2.32. The second kappa shape index (κ2) is 7.10. The van der Waals surface area contributed by atoms with Gasteiger partial charge in [-0.25, -0.2) is 0 Å². The minimum Gasteiger partial charge on any atom is -0.460 e. The van der Waals surface area contributed by atoms with Crippen molar-refractivity contribution in [2.75, 3.05) is 0 Å². The molecule has 3 rings (SSSR count). The fraction of sp³-hybridized carbons (Fsp3) is 0.190. The zero-order chi connectivity index (χ0) is 16.1. The Balaban J connectivity index is 1.69. The van der Waals surface area contributed by atoms with E-state index in [1.54, 1.807) is 0 Å². The van der Waals surface area contributed by atoms with Gasteiger partial charge >= 0.3 is 5.97 Å². The van der Waals surface area contributed by atoms with Gasteiger partial charge in [-0.3, -0.25) is 4.79 Å². The number of carbonyl (C=O) groups excluding carboxylic acids is 1. The minimum absolute atomic E-state index is 0.160. The normalized spacial score (nSPS) is 12.0. The maximum absolute atomic E-state index is 12.4. The van der Waals surface area contributed by atoms with Crippen LogP contribution in [-0.2, 0) is 16.1 Å². The van der Waals surface area contributed by atoms with E-state index in [9.17, 15) is 4.79 Å². The van der Waals surface area contributed by atoms with Gasteiger partial charge in [0.1, 0.15) is 6.61 Å². The number of hydrogen-bond donors (Lipinski definition) is 0. The van der Waals surface area contributed by atoms with Crippen LogP contribution in [0.5, 0.6) is 0 Å². The third kappa shape index (κ3) is 3.59. The molecule has 0 saturated carbocycles. The molecule has 0 saturated heterocycles. The van der Waals surface area contributed by atoms with Crippen LogP contribution < -0.4 is 0 Å². The number of rotatable bonds is 5. The largest absolute Gasteiger partial charge is 0.460 e. The van der Waals surface area contributed by atoms with E-state index >= 15 is 0 Å². The Labute approximate surface area is 136 Å². The minimum atomic E-state index is -0.198. The molecule has 0 radical (unpaired) electrons. The van der Waals surface area contributed by atoms with Crippen LogP contribution in [0.15, 0.2) is 72.8 Å². The lowest BCUT2D eigenvalue weighted by Crippen LogP contribution is -2.15. The Morgan fingerprint density at radius 2 is 1.61 bits per heavy atom. The summed E-state index contributed by atoms with van der Waals surface area (Å²) >= 11 is 0. The zero-order valence-corrected chi connectivity index (χ0v) is 13.2. The molecule has 116 valence electrons. The molecule has 0 aliphatic rings. The highest BCUT2D eigenvalue weighted by atomic mass is 16.5. The fourth-order valence-corrected chi connectivity index (χ4v) is 2.81. The Morgan fingerprint density at radius 1 is 0.913 bits per heavy atom. The average Bonchev–Trinajstić information content (AvgIpc) is 2.61. The van der Waals surface area contributed by atoms with E-state index in [0.29, 0.717) is 6.61 Å². The van der Waals surface area contributed by atoms with Gasteiger partial charge in [0.15, 0.2) is 0 Å². The molecular formula is C21H20O2. The molecule has 3 aromatic carbocycles. The molecule has 2 heteroatoms. The lowest BCUT2D eigenvalue weighted by molar-refractivity contribution is -0.146. The van der Waals surface area contributed by atoms with Crippen LogP contribution in [0.2, 0.25) is 0 Å². The molecule has 0 heterocycles. The molecule has 0 aliphatic carbocycles. The van der Waals surface area contributed by atoms with E-state index in [4.69, 9.17) is 4.74 Å². The van der Waals surface area contributed by atoms with Gasteiger partial charge in [-0.05, 0) is 34.4 Å². The van der Waals surface area contributed by atoms with Gasteiger partial charge in [-0.1, -0.05) is 73.7 Å². The zero-order valence-electron chi connectivity index (χ0n) is 13.2. The van der Waals surface area contributed by atoms with Gasteiger partial charge in [-0.15, -0.1) is 0 Å². The Kier molecular flexibility index (Phi) is 4.72. The standard InChI is InChI=1S/C21H20O2/c1-2-20(18-9-4-3-5-10-18)21(22)23-15-16-12-13-17-8-6-7-11-19(17)14-16/h3-14,20H,2,15H2,1H3. The topological polar surface area (TPSA) is 26.3 Å². The Hall–Kier alpha value is -2.61. The summed E-state index contributed by atoms with van der Waals surface area (Å²) in [7, 11) is 0. The van der Waals surface area contributed by atoms with Crippen molar-refractivity contribution in [2.45, 2.75) is 25.9 Å². The summed E-state index contributed by atoms with van der Waals surface area (Å²) < 4.78 is 5.55. The van der Waals surface area contributed by atoms with Crippen molar-refractivity contribution in [1.29, 1.82) is 0 Å². The summed E-state index contributed by atoms with van der Waals surface area (Å²) in [5, 5.41) is 2.36. The van der Waals surface area contributed by atoms with Crippen LogP contribution >= 0.6 is 0 Å². The summed E-state index contributed by atoms with van der Waals surface area (Å²) in [4.78, 5) is 12.4. The van der Waals surface area contributed by atoms with Gasteiger partial charge in [-0.2, -0.15) is 0 Å². The van der Waals surface area contributed by atoms with E-state index in [0.717, 1.165) is 22.9 Å². The highest BCUT2D eigenvalue weighted by molar-refractivity contribution is 5.83. The van der Waals surface area contributed by atoms with E-state index in [1.807, 2.05) is 55.5 Å². The first-order valence-corrected chi connectivity index (χ1v) is 7.97. The monoisotopic (exact) mass is 304 g/mol. The highest BCUT2D eigenvalue weighted by Crippen LogP contribution is 2.22. The molecule has 0 bridgehead atoms. The van der Waals surface area contributed by atoms with Gasteiger partial charge < -0.3 is 4.74 Å². The van der Waals surface area contributed by atoms with Crippen molar-refractivity contribution in [1.82, 2.24) is 0 Å². The maximum atomic E-state index is 12.4. The van der Waals surface area contributed by atoms with Crippen LogP contribution in [0, 0.1) is 0 Å². The third-order valence-corrected chi connectivity index (χ3v) is 4.09. The van der Waals surface area contributed by atoms with Gasteiger partial charge in [0.25, 0.3) is 0 Å².